The molecule has 1 unspecified atom stereocenters. The van der Waals surface area contributed by atoms with Gasteiger partial charge in [0.15, 0.2) is 5.78 Å². The molecule has 2 aliphatic rings. The van der Waals surface area contributed by atoms with Gasteiger partial charge in [-0.3, -0.25) is 4.79 Å². The van der Waals surface area contributed by atoms with Crippen LogP contribution in [-0.4, -0.2) is 12.4 Å². The Balaban J connectivity index is 1.98. The van der Waals surface area contributed by atoms with Gasteiger partial charge < -0.3 is 9.47 Å². The van der Waals surface area contributed by atoms with Gasteiger partial charge in [-0.1, -0.05) is 12.1 Å². The second kappa shape index (κ2) is 4.62. The molecule has 1 fully saturated rings. The Bertz CT molecular complexity index is 608. The van der Waals surface area contributed by atoms with E-state index >= 15 is 0 Å². The van der Waals surface area contributed by atoms with E-state index < -0.39 is 5.60 Å². The normalized spacial score (nSPS) is 25.9. The molecule has 1 atom stereocenters. The summed E-state index contributed by atoms with van der Waals surface area (Å²) in [5, 5.41) is 0. The Morgan fingerprint density at radius 2 is 1.90 bits per heavy atom. The van der Waals surface area contributed by atoms with Crippen molar-refractivity contribution < 1.29 is 14.3 Å². The van der Waals surface area contributed by atoms with E-state index in [4.69, 9.17) is 9.47 Å². The number of carbonyl (C=O) groups is 1. The fourth-order valence-electron chi connectivity index (χ4n) is 3.84. The number of hydrogen-bond acceptors (Lipinski definition) is 3. The van der Waals surface area contributed by atoms with Crippen molar-refractivity contribution in [2.45, 2.75) is 46.1 Å². The van der Waals surface area contributed by atoms with Crippen LogP contribution in [0.2, 0.25) is 0 Å². The Kier molecular flexibility index (Phi) is 3.12. The number of ketones is 1. The first-order valence-corrected chi connectivity index (χ1v) is 7.59. The molecule has 0 aromatic heterocycles. The standard InChI is InChI=1S/C18H22O3/c1-5-20-15-8-6-14(7-9-15)17(4)18(10-11-18)16(12(2)19)13(3)21-17/h6-9H,5,10-11H2,1-4H3. The maximum Gasteiger partial charge on any atom is 0.159 e. The van der Waals surface area contributed by atoms with Crippen LogP contribution in [0.15, 0.2) is 35.6 Å². The van der Waals surface area contributed by atoms with Crippen molar-refractivity contribution in [2.75, 3.05) is 6.61 Å². The molecule has 1 spiro atoms. The summed E-state index contributed by atoms with van der Waals surface area (Å²) in [5.74, 6) is 1.79. The van der Waals surface area contributed by atoms with Crippen LogP contribution in [0, 0.1) is 5.41 Å². The molecule has 3 nitrogen and oxygen atoms in total. The molecule has 112 valence electrons. The number of benzene rings is 1. The molecule has 1 aromatic rings. The second-order valence-electron chi connectivity index (χ2n) is 6.16. The first kappa shape index (κ1) is 14.2. The van der Waals surface area contributed by atoms with Crippen LogP contribution in [0.5, 0.6) is 5.75 Å². The van der Waals surface area contributed by atoms with E-state index in [2.05, 4.69) is 19.1 Å². The van der Waals surface area contributed by atoms with Crippen LogP contribution in [0.1, 0.15) is 46.1 Å². The van der Waals surface area contributed by atoms with E-state index in [0.29, 0.717) is 6.61 Å². The number of Topliss-reactive ketones (excluding diaryl/α,β-unsaturated/α-hetero) is 1. The van der Waals surface area contributed by atoms with E-state index in [-0.39, 0.29) is 11.2 Å². The van der Waals surface area contributed by atoms with E-state index in [0.717, 1.165) is 35.5 Å². The minimum atomic E-state index is -0.442. The SMILES string of the molecule is CCOc1ccc(C2(C)OC(C)=C(C(C)=O)C23CC3)cc1. The highest BCUT2D eigenvalue weighted by molar-refractivity contribution is 5.96. The van der Waals surface area contributed by atoms with Crippen LogP contribution >= 0.6 is 0 Å². The molecule has 0 saturated heterocycles. The minimum absolute atomic E-state index is 0.129. The Hall–Kier alpha value is -1.77. The maximum absolute atomic E-state index is 12.0. The molecule has 1 aromatic carbocycles. The van der Waals surface area contributed by atoms with Gasteiger partial charge >= 0.3 is 0 Å². The van der Waals surface area contributed by atoms with Gasteiger partial charge in [0.25, 0.3) is 0 Å². The highest BCUT2D eigenvalue weighted by atomic mass is 16.5. The molecule has 1 aliphatic carbocycles. The molecule has 1 aliphatic heterocycles. The summed E-state index contributed by atoms with van der Waals surface area (Å²) in [6.07, 6.45) is 2.03. The fraction of sp³-hybridized carbons (Fsp3) is 0.500. The zero-order valence-electron chi connectivity index (χ0n) is 13.2. The van der Waals surface area contributed by atoms with Gasteiger partial charge in [-0.15, -0.1) is 0 Å². The Morgan fingerprint density at radius 1 is 1.29 bits per heavy atom. The second-order valence-corrected chi connectivity index (χ2v) is 6.16. The van der Waals surface area contributed by atoms with Gasteiger partial charge in [0, 0.05) is 11.0 Å². The molecule has 1 saturated carbocycles. The number of carbonyl (C=O) groups excluding carboxylic acids is 1. The van der Waals surface area contributed by atoms with Gasteiger partial charge in [0.2, 0.25) is 0 Å². The summed E-state index contributed by atoms with van der Waals surface area (Å²) in [5.41, 5.74) is 1.43. The van der Waals surface area contributed by atoms with Gasteiger partial charge in [0.1, 0.15) is 17.1 Å². The van der Waals surface area contributed by atoms with Crippen LogP contribution in [0.25, 0.3) is 0 Å². The van der Waals surface area contributed by atoms with Crippen molar-refractivity contribution in [3.05, 3.63) is 41.2 Å². The lowest BCUT2D eigenvalue weighted by atomic mass is 9.75. The third-order valence-corrected chi connectivity index (χ3v) is 4.92. The number of ether oxygens (including phenoxy) is 2. The zero-order valence-corrected chi connectivity index (χ0v) is 13.2. The third kappa shape index (κ3) is 1.90. The van der Waals surface area contributed by atoms with Crippen molar-refractivity contribution in [1.82, 2.24) is 0 Å². The molecular formula is C18H22O3. The Labute approximate surface area is 125 Å². The lowest BCUT2D eigenvalue weighted by molar-refractivity contribution is -0.114. The van der Waals surface area contributed by atoms with Gasteiger partial charge in [0.05, 0.1) is 6.61 Å². The summed E-state index contributed by atoms with van der Waals surface area (Å²) in [4.78, 5) is 12.0. The summed E-state index contributed by atoms with van der Waals surface area (Å²) in [7, 11) is 0. The summed E-state index contributed by atoms with van der Waals surface area (Å²) >= 11 is 0. The molecule has 1 heterocycles. The van der Waals surface area contributed by atoms with Crippen LogP contribution < -0.4 is 4.74 Å². The van der Waals surface area contributed by atoms with Crippen molar-refractivity contribution in [3.63, 3.8) is 0 Å². The lowest BCUT2D eigenvalue weighted by Gasteiger charge is -2.33. The molecule has 21 heavy (non-hydrogen) atoms. The van der Waals surface area contributed by atoms with Crippen molar-refractivity contribution in [1.29, 1.82) is 0 Å². The topological polar surface area (TPSA) is 35.5 Å². The van der Waals surface area contributed by atoms with Gasteiger partial charge in [-0.25, -0.2) is 0 Å². The molecule has 0 radical (unpaired) electrons. The maximum atomic E-state index is 12.0. The minimum Gasteiger partial charge on any atom is -0.494 e. The van der Waals surface area contributed by atoms with Gasteiger partial charge in [-0.2, -0.15) is 0 Å². The van der Waals surface area contributed by atoms with Crippen molar-refractivity contribution in [3.8, 4) is 5.75 Å². The fourth-order valence-corrected chi connectivity index (χ4v) is 3.84. The van der Waals surface area contributed by atoms with Crippen molar-refractivity contribution >= 4 is 5.78 Å². The molecule has 0 N–H and O–H groups in total. The number of allylic oxidation sites excluding steroid dienone is 1. The predicted molar refractivity (Wildman–Crippen MR) is 81.1 cm³/mol. The molecule has 0 amide bonds. The summed E-state index contributed by atoms with van der Waals surface area (Å²) in [6.45, 7) is 8.30. The molecule has 0 bridgehead atoms. The lowest BCUT2D eigenvalue weighted by Crippen LogP contribution is -2.33. The van der Waals surface area contributed by atoms with E-state index in [1.807, 2.05) is 26.0 Å². The third-order valence-electron chi connectivity index (χ3n) is 4.92. The zero-order chi connectivity index (χ0) is 15.3. The van der Waals surface area contributed by atoms with Crippen LogP contribution in [-0.2, 0) is 15.1 Å². The predicted octanol–water partition coefficient (Wildman–Crippen LogP) is 3.97. The quantitative estimate of drug-likeness (QED) is 0.840. The number of hydrogen-bond donors (Lipinski definition) is 0. The highest BCUT2D eigenvalue weighted by Gasteiger charge is 2.66. The van der Waals surface area contributed by atoms with E-state index in [9.17, 15) is 4.79 Å². The first-order valence-electron chi connectivity index (χ1n) is 7.59. The van der Waals surface area contributed by atoms with Crippen LogP contribution in [0.4, 0.5) is 0 Å². The van der Waals surface area contributed by atoms with Crippen molar-refractivity contribution in [2.24, 2.45) is 5.41 Å². The van der Waals surface area contributed by atoms with Gasteiger partial charge in [-0.05, 0) is 58.2 Å². The molecule has 3 heteroatoms. The first-order chi connectivity index (χ1) is 9.94. The van der Waals surface area contributed by atoms with E-state index in [1.165, 1.54) is 0 Å². The monoisotopic (exact) mass is 286 g/mol. The van der Waals surface area contributed by atoms with E-state index in [1.54, 1.807) is 6.92 Å². The average molecular weight is 286 g/mol. The number of rotatable bonds is 4. The smallest absolute Gasteiger partial charge is 0.159 e. The Morgan fingerprint density at radius 3 is 2.38 bits per heavy atom. The summed E-state index contributed by atoms with van der Waals surface area (Å²) < 4.78 is 11.7. The largest absolute Gasteiger partial charge is 0.494 e. The average Bonchev–Trinajstić information content (AvgIpc) is 3.16. The highest BCUT2D eigenvalue weighted by Crippen LogP contribution is 2.69. The molecule has 3 rings (SSSR count). The molecular weight excluding hydrogens is 264 g/mol. The summed E-state index contributed by atoms with van der Waals surface area (Å²) in [6, 6.07) is 8.07. The van der Waals surface area contributed by atoms with Crippen LogP contribution in [0.3, 0.4) is 0 Å².